The first-order chi connectivity index (χ1) is 5.25. The molecule has 1 unspecified atom stereocenters. The lowest BCUT2D eigenvalue weighted by Gasteiger charge is -2.31. The molecule has 1 fully saturated rings. The van der Waals surface area contributed by atoms with E-state index in [0.29, 0.717) is 6.61 Å². The molecule has 1 atom stereocenters. The number of hydrogen-bond acceptors (Lipinski definition) is 3. The summed E-state index contributed by atoms with van der Waals surface area (Å²) < 4.78 is 5.01. The zero-order valence-electron chi connectivity index (χ0n) is 6.87. The van der Waals surface area contributed by atoms with Gasteiger partial charge in [-0.05, 0) is 13.2 Å². The highest BCUT2D eigenvalue weighted by molar-refractivity contribution is 7.99. The number of carbonyl (C=O) groups excluding carboxylic acids is 1. The Morgan fingerprint density at radius 2 is 2.45 bits per heavy atom. The number of rotatable bonds is 2. The Balaban J connectivity index is 2.47. The van der Waals surface area contributed by atoms with Gasteiger partial charge >= 0.3 is 0 Å². The topological polar surface area (TPSA) is 29.5 Å². The fourth-order valence-corrected chi connectivity index (χ4v) is 1.52. The summed E-state index contributed by atoms with van der Waals surface area (Å²) in [4.78, 5) is 13.0. The molecule has 0 aromatic rings. The van der Waals surface area contributed by atoms with E-state index < -0.39 is 0 Å². The van der Waals surface area contributed by atoms with Crippen LogP contribution in [0.2, 0.25) is 0 Å². The Labute approximate surface area is 71.1 Å². The van der Waals surface area contributed by atoms with E-state index in [9.17, 15) is 4.79 Å². The van der Waals surface area contributed by atoms with Crippen LogP contribution in [0.25, 0.3) is 0 Å². The van der Waals surface area contributed by atoms with Gasteiger partial charge < -0.3 is 9.64 Å². The maximum absolute atomic E-state index is 11.2. The van der Waals surface area contributed by atoms with E-state index in [0.717, 1.165) is 6.54 Å². The van der Waals surface area contributed by atoms with Gasteiger partial charge in [-0.1, -0.05) is 0 Å². The lowest BCUT2D eigenvalue weighted by Crippen LogP contribution is -2.45. The minimum absolute atomic E-state index is 0.109. The van der Waals surface area contributed by atoms with Crippen LogP contribution in [0.5, 0.6) is 0 Å². The van der Waals surface area contributed by atoms with Crippen LogP contribution < -0.4 is 0 Å². The summed E-state index contributed by atoms with van der Waals surface area (Å²) in [6, 6.07) is 0. The molecule has 0 aromatic carbocycles. The number of thioether (sulfide) groups is 1. The number of carbonyl (C=O) groups is 1. The first-order valence-electron chi connectivity index (χ1n) is 3.65. The molecule has 0 aliphatic carbocycles. The Kier molecular flexibility index (Phi) is 3.20. The van der Waals surface area contributed by atoms with Gasteiger partial charge in [0.1, 0.15) is 6.61 Å². The molecular formula is C7H13NO2S. The highest BCUT2D eigenvalue weighted by atomic mass is 32.2. The van der Waals surface area contributed by atoms with Gasteiger partial charge in [-0.3, -0.25) is 4.79 Å². The quantitative estimate of drug-likeness (QED) is 0.614. The van der Waals surface area contributed by atoms with E-state index in [1.165, 1.54) is 0 Å². The first-order valence-corrected chi connectivity index (χ1v) is 4.94. The summed E-state index contributed by atoms with van der Waals surface area (Å²) >= 11 is 1.68. The molecule has 0 aromatic heterocycles. The smallest absolute Gasteiger partial charge is 0.249 e. The second kappa shape index (κ2) is 3.97. The average Bonchev–Trinajstić information content (AvgIpc) is 2.04. The molecule has 0 spiro atoms. The molecule has 1 rings (SSSR count). The van der Waals surface area contributed by atoms with Crippen molar-refractivity contribution < 1.29 is 9.53 Å². The normalized spacial score (nSPS) is 22.0. The molecule has 1 aliphatic heterocycles. The Morgan fingerprint density at radius 1 is 1.73 bits per heavy atom. The van der Waals surface area contributed by atoms with Crippen molar-refractivity contribution in [3.05, 3.63) is 0 Å². The summed E-state index contributed by atoms with van der Waals surface area (Å²) in [7, 11) is 0. The van der Waals surface area contributed by atoms with Gasteiger partial charge in [-0.2, -0.15) is 0 Å². The first kappa shape index (κ1) is 8.87. The van der Waals surface area contributed by atoms with Crippen LogP contribution in [0.4, 0.5) is 0 Å². The Bertz CT molecular complexity index is 151. The van der Waals surface area contributed by atoms with Crippen molar-refractivity contribution in [3.63, 3.8) is 0 Å². The molecule has 1 heterocycles. The molecular weight excluding hydrogens is 162 g/mol. The largest absolute Gasteiger partial charge is 0.370 e. The predicted molar refractivity (Wildman–Crippen MR) is 45.5 cm³/mol. The molecule has 3 nitrogen and oxygen atoms in total. The van der Waals surface area contributed by atoms with Crippen molar-refractivity contribution in [2.45, 2.75) is 12.3 Å². The van der Waals surface area contributed by atoms with Crippen molar-refractivity contribution in [2.24, 2.45) is 0 Å². The van der Waals surface area contributed by atoms with E-state index in [1.54, 1.807) is 11.8 Å². The second-order valence-electron chi connectivity index (χ2n) is 2.47. The number of morpholine rings is 1. The molecule has 11 heavy (non-hydrogen) atoms. The SMILES string of the molecule is CSC(C)N1CCOCC1=O. The van der Waals surface area contributed by atoms with Crippen LogP contribution in [0.15, 0.2) is 0 Å². The van der Waals surface area contributed by atoms with Gasteiger partial charge in [0.25, 0.3) is 0 Å². The van der Waals surface area contributed by atoms with Gasteiger partial charge in [0.05, 0.1) is 12.0 Å². The third kappa shape index (κ3) is 2.10. The zero-order chi connectivity index (χ0) is 8.27. The van der Waals surface area contributed by atoms with Crippen LogP contribution >= 0.6 is 11.8 Å². The fourth-order valence-electron chi connectivity index (χ4n) is 1.04. The molecule has 64 valence electrons. The van der Waals surface area contributed by atoms with Crippen LogP contribution in [-0.4, -0.2) is 42.2 Å². The van der Waals surface area contributed by atoms with Gasteiger partial charge in [-0.25, -0.2) is 0 Å². The zero-order valence-corrected chi connectivity index (χ0v) is 7.69. The van der Waals surface area contributed by atoms with Gasteiger partial charge in [0.2, 0.25) is 5.91 Å². The van der Waals surface area contributed by atoms with E-state index in [2.05, 4.69) is 0 Å². The summed E-state index contributed by atoms with van der Waals surface area (Å²) in [5.41, 5.74) is 0. The Morgan fingerprint density at radius 3 is 3.00 bits per heavy atom. The van der Waals surface area contributed by atoms with Crippen molar-refractivity contribution in [1.29, 1.82) is 0 Å². The van der Waals surface area contributed by atoms with Crippen LogP contribution in [0.3, 0.4) is 0 Å². The third-order valence-electron chi connectivity index (χ3n) is 1.80. The number of amides is 1. The molecule has 1 amide bonds. The van der Waals surface area contributed by atoms with Gasteiger partial charge in [0, 0.05) is 6.54 Å². The van der Waals surface area contributed by atoms with E-state index in [1.807, 2.05) is 18.1 Å². The van der Waals surface area contributed by atoms with E-state index in [-0.39, 0.29) is 17.9 Å². The predicted octanol–water partition coefficient (Wildman–Crippen LogP) is 0.554. The van der Waals surface area contributed by atoms with Crippen molar-refractivity contribution in [1.82, 2.24) is 4.90 Å². The monoisotopic (exact) mass is 175 g/mol. The summed E-state index contributed by atoms with van der Waals surface area (Å²) in [6.45, 7) is 3.70. The van der Waals surface area contributed by atoms with E-state index in [4.69, 9.17) is 4.74 Å². The second-order valence-corrected chi connectivity index (χ2v) is 3.63. The Hall–Kier alpha value is -0.220. The maximum Gasteiger partial charge on any atom is 0.249 e. The summed E-state index contributed by atoms with van der Waals surface area (Å²) in [5, 5.41) is 0.284. The molecule has 1 aliphatic rings. The van der Waals surface area contributed by atoms with Crippen molar-refractivity contribution in [3.8, 4) is 0 Å². The molecule has 4 heteroatoms. The van der Waals surface area contributed by atoms with Crippen molar-refractivity contribution in [2.75, 3.05) is 26.0 Å². The lowest BCUT2D eigenvalue weighted by atomic mass is 10.4. The molecule has 0 saturated carbocycles. The van der Waals surface area contributed by atoms with Crippen LogP contribution in [0.1, 0.15) is 6.92 Å². The van der Waals surface area contributed by atoms with Crippen LogP contribution in [0, 0.1) is 0 Å². The molecule has 0 N–H and O–H groups in total. The van der Waals surface area contributed by atoms with Crippen LogP contribution in [-0.2, 0) is 9.53 Å². The minimum Gasteiger partial charge on any atom is -0.370 e. The molecule has 0 radical (unpaired) electrons. The number of ether oxygens (including phenoxy) is 1. The third-order valence-corrected chi connectivity index (χ3v) is 2.74. The lowest BCUT2D eigenvalue weighted by molar-refractivity contribution is -0.143. The fraction of sp³-hybridized carbons (Fsp3) is 0.857. The summed E-state index contributed by atoms with van der Waals surface area (Å²) in [6.07, 6.45) is 2.01. The van der Waals surface area contributed by atoms with E-state index >= 15 is 0 Å². The standard InChI is InChI=1S/C7H13NO2S/c1-6(11-2)8-3-4-10-5-7(8)9/h6H,3-5H2,1-2H3. The van der Waals surface area contributed by atoms with Crippen molar-refractivity contribution >= 4 is 17.7 Å². The molecule has 1 saturated heterocycles. The van der Waals surface area contributed by atoms with Gasteiger partial charge in [0.15, 0.2) is 0 Å². The highest BCUT2D eigenvalue weighted by Crippen LogP contribution is 2.13. The van der Waals surface area contributed by atoms with Gasteiger partial charge in [-0.15, -0.1) is 11.8 Å². The minimum atomic E-state index is 0.109. The maximum atomic E-state index is 11.2. The average molecular weight is 175 g/mol. The number of hydrogen-bond donors (Lipinski definition) is 0. The molecule has 0 bridgehead atoms. The number of nitrogens with zero attached hydrogens (tertiary/aromatic N) is 1. The highest BCUT2D eigenvalue weighted by Gasteiger charge is 2.22. The summed E-state index contributed by atoms with van der Waals surface area (Å²) in [5.74, 6) is 0.109.